The third-order valence-corrected chi connectivity index (χ3v) is 2.91. The quantitative estimate of drug-likeness (QED) is 0.774. The van der Waals surface area contributed by atoms with E-state index in [1.807, 2.05) is 36.0 Å². The molecule has 0 fully saturated rings. The molecule has 0 aliphatic heterocycles. The summed E-state index contributed by atoms with van der Waals surface area (Å²) in [5.41, 5.74) is 0.871. The Bertz CT molecular complexity index is 427. The van der Waals surface area contributed by atoms with Crippen molar-refractivity contribution in [2.75, 3.05) is 0 Å². The van der Waals surface area contributed by atoms with E-state index in [-0.39, 0.29) is 11.7 Å². The van der Waals surface area contributed by atoms with E-state index in [2.05, 4.69) is 4.98 Å². The summed E-state index contributed by atoms with van der Waals surface area (Å²) in [5, 5.41) is 1.98. The average Bonchev–Trinajstić information content (AvgIpc) is 2.63. The summed E-state index contributed by atoms with van der Waals surface area (Å²) in [6.07, 6.45) is 4.33. The van der Waals surface area contributed by atoms with Gasteiger partial charge in [-0.1, -0.05) is 13.8 Å². The zero-order valence-corrected chi connectivity index (χ0v) is 9.04. The van der Waals surface area contributed by atoms with Gasteiger partial charge >= 0.3 is 0 Å². The molecule has 0 bridgehead atoms. The molecule has 0 N–H and O–H groups in total. The minimum atomic E-state index is 0.0923. The summed E-state index contributed by atoms with van der Waals surface area (Å²) in [5.74, 6) is 0.338. The molecule has 2 heterocycles. The average molecular weight is 208 g/mol. The maximum absolute atomic E-state index is 11.5. The van der Waals surface area contributed by atoms with Crippen molar-refractivity contribution < 1.29 is 4.79 Å². The predicted octanol–water partition coefficient (Wildman–Crippen LogP) is 2.16. The van der Waals surface area contributed by atoms with Gasteiger partial charge in [-0.05, 0) is 0 Å². The zero-order chi connectivity index (χ0) is 10.1. The number of carbonyl (C=O) groups excluding carboxylic acids is 1. The van der Waals surface area contributed by atoms with Crippen LogP contribution in [0.15, 0.2) is 17.8 Å². The second-order valence-electron chi connectivity index (χ2n) is 3.62. The maximum Gasteiger partial charge on any atom is 0.193 e. The molecule has 0 aliphatic carbocycles. The molecular formula is C10H12N2OS. The van der Waals surface area contributed by atoms with Gasteiger partial charge in [-0.2, -0.15) is 0 Å². The topological polar surface area (TPSA) is 34.4 Å². The van der Waals surface area contributed by atoms with Crippen LogP contribution in [0.4, 0.5) is 0 Å². The lowest BCUT2D eigenvalue weighted by molar-refractivity contribution is -0.121. The van der Waals surface area contributed by atoms with Crippen molar-refractivity contribution in [2.45, 2.75) is 20.3 Å². The van der Waals surface area contributed by atoms with Crippen LogP contribution in [0, 0.1) is 5.92 Å². The zero-order valence-electron chi connectivity index (χ0n) is 8.23. The molecule has 0 radical (unpaired) electrons. The van der Waals surface area contributed by atoms with Crippen molar-refractivity contribution in [1.82, 2.24) is 9.38 Å². The van der Waals surface area contributed by atoms with Gasteiger partial charge < -0.3 is 0 Å². The van der Waals surface area contributed by atoms with Gasteiger partial charge in [-0.25, -0.2) is 4.98 Å². The molecule has 0 spiro atoms. The maximum atomic E-state index is 11.5. The molecule has 74 valence electrons. The van der Waals surface area contributed by atoms with Crippen LogP contribution in [-0.4, -0.2) is 15.2 Å². The second kappa shape index (κ2) is 3.53. The van der Waals surface area contributed by atoms with Gasteiger partial charge in [-0.15, -0.1) is 11.3 Å². The summed E-state index contributed by atoms with van der Waals surface area (Å²) in [4.78, 5) is 16.8. The van der Waals surface area contributed by atoms with Gasteiger partial charge in [-0.3, -0.25) is 9.20 Å². The Morgan fingerprint density at radius 3 is 3.07 bits per heavy atom. The van der Waals surface area contributed by atoms with Crippen molar-refractivity contribution in [3.63, 3.8) is 0 Å². The first kappa shape index (κ1) is 9.40. The molecule has 0 saturated carbocycles. The summed E-state index contributed by atoms with van der Waals surface area (Å²) in [6.45, 7) is 3.83. The van der Waals surface area contributed by atoms with E-state index in [9.17, 15) is 4.79 Å². The number of hydrogen-bond acceptors (Lipinski definition) is 3. The number of thiazole rings is 1. The number of Topliss-reactive ketones (excluding diaryl/α,β-unsaturated/α-hetero) is 1. The third-order valence-electron chi connectivity index (χ3n) is 2.14. The standard InChI is InChI=1S/C10H12N2OS/c1-7(2)9(13)5-8-6-12-3-4-14-10(12)11-8/h3-4,6-7H,5H2,1-2H3. The fourth-order valence-corrected chi connectivity index (χ4v) is 1.96. The molecule has 4 heteroatoms. The lowest BCUT2D eigenvalue weighted by atomic mass is 10.1. The smallest absolute Gasteiger partial charge is 0.193 e. The van der Waals surface area contributed by atoms with Gasteiger partial charge in [0.15, 0.2) is 4.96 Å². The van der Waals surface area contributed by atoms with E-state index in [1.54, 1.807) is 11.3 Å². The minimum Gasteiger partial charge on any atom is -0.299 e. The number of aromatic nitrogens is 2. The van der Waals surface area contributed by atoms with Crippen LogP contribution in [0.25, 0.3) is 4.96 Å². The number of nitrogens with zero attached hydrogens (tertiary/aromatic N) is 2. The summed E-state index contributed by atoms with van der Waals surface area (Å²) in [6, 6.07) is 0. The number of ketones is 1. The van der Waals surface area contributed by atoms with Crippen LogP contribution < -0.4 is 0 Å². The Morgan fingerprint density at radius 2 is 2.43 bits per heavy atom. The number of carbonyl (C=O) groups is 1. The third kappa shape index (κ3) is 1.70. The van der Waals surface area contributed by atoms with Crippen LogP contribution >= 0.6 is 11.3 Å². The van der Waals surface area contributed by atoms with E-state index in [4.69, 9.17) is 0 Å². The predicted molar refractivity (Wildman–Crippen MR) is 56.6 cm³/mol. The van der Waals surface area contributed by atoms with Gasteiger partial charge in [0.2, 0.25) is 0 Å². The van der Waals surface area contributed by atoms with E-state index in [1.165, 1.54) is 0 Å². The van der Waals surface area contributed by atoms with Gasteiger partial charge in [0.25, 0.3) is 0 Å². The van der Waals surface area contributed by atoms with Crippen LogP contribution in [0.5, 0.6) is 0 Å². The SMILES string of the molecule is CC(C)C(=O)Cc1cn2ccsc2n1. The Balaban J connectivity index is 2.19. The van der Waals surface area contributed by atoms with E-state index in [0.29, 0.717) is 6.42 Å². The van der Waals surface area contributed by atoms with Crippen molar-refractivity contribution in [3.05, 3.63) is 23.5 Å². The van der Waals surface area contributed by atoms with E-state index in [0.717, 1.165) is 10.7 Å². The molecule has 0 amide bonds. The first-order chi connectivity index (χ1) is 6.66. The second-order valence-corrected chi connectivity index (χ2v) is 4.50. The minimum absolute atomic E-state index is 0.0923. The molecule has 0 aromatic carbocycles. The first-order valence-corrected chi connectivity index (χ1v) is 5.48. The normalized spacial score (nSPS) is 11.4. The fraction of sp³-hybridized carbons (Fsp3) is 0.400. The highest BCUT2D eigenvalue weighted by molar-refractivity contribution is 7.15. The number of imidazole rings is 1. The highest BCUT2D eigenvalue weighted by atomic mass is 32.1. The molecule has 14 heavy (non-hydrogen) atoms. The van der Waals surface area contributed by atoms with Crippen LogP contribution in [0.3, 0.4) is 0 Å². The van der Waals surface area contributed by atoms with Gasteiger partial charge in [0, 0.05) is 23.7 Å². The molecule has 0 unspecified atom stereocenters. The summed E-state index contributed by atoms with van der Waals surface area (Å²) in [7, 11) is 0. The first-order valence-electron chi connectivity index (χ1n) is 4.60. The molecule has 2 aromatic rings. The van der Waals surface area contributed by atoms with Crippen LogP contribution in [0.2, 0.25) is 0 Å². The molecule has 0 aliphatic rings. The van der Waals surface area contributed by atoms with Crippen molar-refractivity contribution in [2.24, 2.45) is 5.92 Å². The fourth-order valence-electron chi connectivity index (χ4n) is 1.24. The van der Waals surface area contributed by atoms with E-state index >= 15 is 0 Å². The highest BCUT2D eigenvalue weighted by Gasteiger charge is 2.11. The van der Waals surface area contributed by atoms with Crippen molar-refractivity contribution in [3.8, 4) is 0 Å². The molecule has 2 aromatic heterocycles. The largest absolute Gasteiger partial charge is 0.299 e. The van der Waals surface area contributed by atoms with Crippen LogP contribution in [0.1, 0.15) is 19.5 Å². The highest BCUT2D eigenvalue weighted by Crippen LogP contribution is 2.12. The summed E-state index contributed by atoms with van der Waals surface area (Å²) >= 11 is 1.58. The Hall–Kier alpha value is -1.16. The number of fused-ring (bicyclic) bond motifs is 1. The lowest BCUT2D eigenvalue weighted by Gasteiger charge is -1.99. The Labute approximate surface area is 86.4 Å². The number of hydrogen-bond donors (Lipinski definition) is 0. The Morgan fingerprint density at radius 1 is 1.64 bits per heavy atom. The van der Waals surface area contributed by atoms with Crippen molar-refractivity contribution in [1.29, 1.82) is 0 Å². The molecule has 2 rings (SSSR count). The lowest BCUT2D eigenvalue weighted by Crippen LogP contribution is -2.10. The molecular weight excluding hydrogens is 196 g/mol. The molecule has 3 nitrogen and oxygen atoms in total. The van der Waals surface area contributed by atoms with Gasteiger partial charge in [0.05, 0.1) is 12.1 Å². The van der Waals surface area contributed by atoms with Crippen molar-refractivity contribution >= 4 is 22.1 Å². The van der Waals surface area contributed by atoms with Crippen LogP contribution in [-0.2, 0) is 11.2 Å². The monoisotopic (exact) mass is 208 g/mol. The Kier molecular flexibility index (Phi) is 2.37. The summed E-state index contributed by atoms with van der Waals surface area (Å²) < 4.78 is 1.95. The number of rotatable bonds is 3. The molecule has 0 saturated heterocycles. The van der Waals surface area contributed by atoms with Gasteiger partial charge in [0.1, 0.15) is 5.78 Å². The van der Waals surface area contributed by atoms with E-state index < -0.39 is 0 Å². The molecule has 0 atom stereocenters.